The van der Waals surface area contributed by atoms with Gasteiger partial charge in [-0.2, -0.15) is 0 Å². The second kappa shape index (κ2) is 3.95. The van der Waals surface area contributed by atoms with Gasteiger partial charge in [-0.3, -0.25) is 0 Å². The summed E-state index contributed by atoms with van der Waals surface area (Å²) in [4.78, 5) is 0. The molecule has 0 unspecified atom stereocenters. The highest BCUT2D eigenvalue weighted by Crippen LogP contribution is 2.30. The second-order valence-corrected chi connectivity index (χ2v) is 3.66. The summed E-state index contributed by atoms with van der Waals surface area (Å²) < 4.78 is 0. The van der Waals surface area contributed by atoms with E-state index in [9.17, 15) is 10.2 Å². The van der Waals surface area contributed by atoms with Gasteiger partial charge in [0.2, 0.25) is 0 Å². The molecule has 2 rings (SSSR count). The summed E-state index contributed by atoms with van der Waals surface area (Å²) in [7, 11) is 0. The summed E-state index contributed by atoms with van der Waals surface area (Å²) in [5, 5.41) is 19.6. The molecule has 2 N–H and O–H groups in total. The van der Waals surface area contributed by atoms with E-state index in [1.807, 2.05) is 42.5 Å². The minimum Gasteiger partial charge on any atom is -0.392 e. The van der Waals surface area contributed by atoms with E-state index in [0.717, 1.165) is 5.56 Å². The Kier molecular flexibility index (Phi) is 2.66. The van der Waals surface area contributed by atoms with E-state index < -0.39 is 12.2 Å². The molecule has 0 aromatic heterocycles. The van der Waals surface area contributed by atoms with Crippen LogP contribution >= 0.6 is 0 Å². The van der Waals surface area contributed by atoms with Gasteiger partial charge in [0.05, 0.1) is 12.2 Å². The fourth-order valence-electron chi connectivity index (χ4n) is 1.85. The molecule has 0 spiro atoms. The Morgan fingerprint density at radius 1 is 1.21 bits per heavy atom. The Labute approximate surface area is 83.5 Å². The van der Waals surface area contributed by atoms with Gasteiger partial charge < -0.3 is 10.2 Å². The maximum atomic E-state index is 9.98. The van der Waals surface area contributed by atoms with Crippen LogP contribution < -0.4 is 0 Å². The van der Waals surface area contributed by atoms with E-state index in [1.54, 1.807) is 0 Å². The molecule has 0 heterocycles. The first kappa shape index (κ1) is 9.44. The number of benzene rings is 1. The van der Waals surface area contributed by atoms with Crippen LogP contribution in [0.2, 0.25) is 0 Å². The SMILES string of the molecule is O[C@@H]1CC=C[C@@H]1[C@@H](O)c1ccccc1. The summed E-state index contributed by atoms with van der Waals surface area (Å²) in [6.45, 7) is 0. The first-order valence-corrected chi connectivity index (χ1v) is 4.87. The van der Waals surface area contributed by atoms with Gasteiger partial charge in [-0.25, -0.2) is 0 Å². The first-order chi connectivity index (χ1) is 6.79. The number of hydrogen-bond acceptors (Lipinski definition) is 2. The zero-order chi connectivity index (χ0) is 9.97. The van der Waals surface area contributed by atoms with Crippen LogP contribution in [-0.4, -0.2) is 16.3 Å². The van der Waals surface area contributed by atoms with Gasteiger partial charge in [0, 0.05) is 5.92 Å². The Morgan fingerprint density at radius 2 is 1.93 bits per heavy atom. The van der Waals surface area contributed by atoms with Crippen molar-refractivity contribution in [1.29, 1.82) is 0 Å². The Morgan fingerprint density at radius 3 is 2.50 bits per heavy atom. The third-order valence-electron chi connectivity index (χ3n) is 2.69. The molecule has 0 aliphatic heterocycles. The molecule has 0 bridgehead atoms. The van der Waals surface area contributed by atoms with Crippen molar-refractivity contribution in [3.63, 3.8) is 0 Å². The first-order valence-electron chi connectivity index (χ1n) is 4.87. The molecule has 74 valence electrons. The van der Waals surface area contributed by atoms with Crippen molar-refractivity contribution in [3.8, 4) is 0 Å². The van der Waals surface area contributed by atoms with Gasteiger partial charge >= 0.3 is 0 Å². The molecule has 0 amide bonds. The van der Waals surface area contributed by atoms with Crippen LogP contribution in [0.5, 0.6) is 0 Å². The molecule has 14 heavy (non-hydrogen) atoms. The average molecular weight is 190 g/mol. The molecule has 3 atom stereocenters. The summed E-state index contributed by atoms with van der Waals surface area (Å²) in [6.07, 6.45) is 3.42. The van der Waals surface area contributed by atoms with Crippen LogP contribution in [0, 0.1) is 5.92 Å². The van der Waals surface area contributed by atoms with Crippen LogP contribution in [0.3, 0.4) is 0 Å². The van der Waals surface area contributed by atoms with E-state index in [4.69, 9.17) is 0 Å². The predicted octanol–water partition coefficient (Wildman–Crippen LogP) is 1.66. The molecule has 0 saturated carbocycles. The molecule has 0 radical (unpaired) electrons. The lowest BCUT2D eigenvalue weighted by atomic mass is 9.93. The zero-order valence-electron chi connectivity index (χ0n) is 7.88. The van der Waals surface area contributed by atoms with E-state index in [1.165, 1.54) is 0 Å². The molecule has 2 nitrogen and oxygen atoms in total. The van der Waals surface area contributed by atoms with Crippen LogP contribution in [-0.2, 0) is 0 Å². The second-order valence-electron chi connectivity index (χ2n) is 3.66. The molecule has 0 fully saturated rings. The molecule has 1 aliphatic rings. The third-order valence-corrected chi connectivity index (χ3v) is 2.69. The van der Waals surface area contributed by atoms with Crippen molar-refractivity contribution in [2.75, 3.05) is 0 Å². The highest BCUT2D eigenvalue weighted by atomic mass is 16.3. The van der Waals surface area contributed by atoms with Gasteiger partial charge in [0.15, 0.2) is 0 Å². The standard InChI is InChI=1S/C12H14O2/c13-11-8-4-7-10(11)12(14)9-5-2-1-3-6-9/h1-7,10-14H,8H2/t10-,11+,12-/m0/s1. The summed E-state index contributed by atoms with van der Waals surface area (Å²) in [6, 6.07) is 9.46. The van der Waals surface area contributed by atoms with Crippen LogP contribution in [0.1, 0.15) is 18.1 Å². The van der Waals surface area contributed by atoms with Crippen LogP contribution in [0.25, 0.3) is 0 Å². The Hall–Kier alpha value is -1.12. The van der Waals surface area contributed by atoms with Crippen molar-refractivity contribution in [3.05, 3.63) is 48.0 Å². The number of aliphatic hydroxyl groups is 2. The van der Waals surface area contributed by atoms with Gasteiger partial charge in [-0.15, -0.1) is 0 Å². The van der Waals surface area contributed by atoms with Crippen molar-refractivity contribution in [1.82, 2.24) is 0 Å². The van der Waals surface area contributed by atoms with E-state index in [-0.39, 0.29) is 5.92 Å². The number of rotatable bonds is 2. The quantitative estimate of drug-likeness (QED) is 0.696. The highest BCUT2D eigenvalue weighted by Gasteiger charge is 2.28. The lowest BCUT2D eigenvalue weighted by Crippen LogP contribution is -2.21. The minimum absolute atomic E-state index is 0.155. The maximum Gasteiger partial charge on any atom is 0.0877 e. The van der Waals surface area contributed by atoms with Gasteiger partial charge in [-0.1, -0.05) is 42.5 Å². The van der Waals surface area contributed by atoms with Crippen molar-refractivity contribution < 1.29 is 10.2 Å². The average Bonchev–Trinajstić information content (AvgIpc) is 2.65. The Bertz CT molecular complexity index is 318. The lowest BCUT2D eigenvalue weighted by molar-refractivity contribution is 0.0456. The largest absolute Gasteiger partial charge is 0.392 e. The fraction of sp³-hybridized carbons (Fsp3) is 0.333. The number of aliphatic hydroxyl groups excluding tert-OH is 2. The van der Waals surface area contributed by atoms with Crippen molar-refractivity contribution in [2.45, 2.75) is 18.6 Å². The summed E-state index contributed by atoms with van der Waals surface area (Å²) >= 11 is 0. The molecule has 1 aromatic carbocycles. The summed E-state index contributed by atoms with van der Waals surface area (Å²) in [5.41, 5.74) is 0.864. The smallest absolute Gasteiger partial charge is 0.0877 e. The molecule has 2 heteroatoms. The zero-order valence-corrected chi connectivity index (χ0v) is 7.88. The molecule has 1 aromatic rings. The van der Waals surface area contributed by atoms with E-state index >= 15 is 0 Å². The lowest BCUT2D eigenvalue weighted by Gasteiger charge is -2.20. The Balaban J connectivity index is 2.16. The summed E-state index contributed by atoms with van der Waals surface area (Å²) in [5.74, 6) is -0.155. The molecule has 1 aliphatic carbocycles. The monoisotopic (exact) mass is 190 g/mol. The number of hydrogen-bond donors (Lipinski definition) is 2. The van der Waals surface area contributed by atoms with E-state index in [0.29, 0.717) is 6.42 Å². The van der Waals surface area contributed by atoms with E-state index in [2.05, 4.69) is 0 Å². The predicted molar refractivity (Wildman–Crippen MR) is 54.7 cm³/mol. The van der Waals surface area contributed by atoms with Crippen molar-refractivity contribution >= 4 is 0 Å². The van der Waals surface area contributed by atoms with Crippen LogP contribution in [0.4, 0.5) is 0 Å². The molecular formula is C12H14O2. The van der Waals surface area contributed by atoms with Gasteiger partial charge in [0.25, 0.3) is 0 Å². The normalized spacial score (nSPS) is 27.9. The minimum atomic E-state index is -0.593. The third kappa shape index (κ3) is 1.72. The topological polar surface area (TPSA) is 40.5 Å². The van der Waals surface area contributed by atoms with Gasteiger partial charge in [0.1, 0.15) is 0 Å². The fourth-order valence-corrected chi connectivity index (χ4v) is 1.85. The van der Waals surface area contributed by atoms with Gasteiger partial charge in [-0.05, 0) is 12.0 Å². The molecular weight excluding hydrogens is 176 g/mol. The van der Waals surface area contributed by atoms with Crippen molar-refractivity contribution in [2.24, 2.45) is 5.92 Å². The molecule has 0 saturated heterocycles. The maximum absolute atomic E-state index is 9.98. The van der Waals surface area contributed by atoms with Crippen LogP contribution in [0.15, 0.2) is 42.5 Å². The highest BCUT2D eigenvalue weighted by molar-refractivity contribution is 5.21.